The van der Waals surface area contributed by atoms with E-state index in [4.69, 9.17) is 16.7 Å². The molecule has 1 rings (SSSR count). The minimum absolute atomic E-state index is 0.157. The van der Waals surface area contributed by atoms with Crippen LogP contribution >= 0.6 is 11.6 Å². The second-order valence-electron chi connectivity index (χ2n) is 3.21. The predicted octanol–water partition coefficient (Wildman–Crippen LogP) is 2.26. The molecule has 1 aromatic rings. The molecule has 0 saturated heterocycles. The summed E-state index contributed by atoms with van der Waals surface area (Å²) in [5.74, 6) is -1.01. The fraction of sp³-hybridized carbons (Fsp3) is 0.0909. The van der Waals surface area contributed by atoms with Gasteiger partial charge in [-0.15, -0.1) is 0 Å². The first-order chi connectivity index (χ1) is 7.99. The number of halogens is 1. The summed E-state index contributed by atoms with van der Waals surface area (Å²) in [5.41, 5.74) is 0.651. The largest absolute Gasteiger partial charge is 0.478 e. The third-order valence-electron chi connectivity index (χ3n) is 1.83. The van der Waals surface area contributed by atoms with Gasteiger partial charge in [0, 0.05) is 10.7 Å². The van der Waals surface area contributed by atoms with E-state index in [1.54, 1.807) is 0 Å². The number of carboxylic acids is 1. The maximum absolute atomic E-state index is 11.3. The standard InChI is InChI=1S/C11H11ClN2O3/c1-7(12)6-13-11(17)14-9-4-2-8(3-5-9)10(15)16/h2-5H,1,6H2,(H,15,16)(H2,13,14,17). The first-order valence-electron chi connectivity index (χ1n) is 4.70. The van der Waals surface area contributed by atoms with Crippen molar-refractivity contribution >= 4 is 29.3 Å². The molecule has 0 atom stereocenters. The number of carboxylic acid groups (broad SMARTS) is 1. The van der Waals surface area contributed by atoms with E-state index in [-0.39, 0.29) is 12.1 Å². The molecule has 0 spiro atoms. The van der Waals surface area contributed by atoms with Gasteiger partial charge in [0.1, 0.15) is 0 Å². The van der Waals surface area contributed by atoms with Gasteiger partial charge in [-0.3, -0.25) is 0 Å². The van der Waals surface area contributed by atoms with Crippen LogP contribution in [0.2, 0.25) is 0 Å². The summed E-state index contributed by atoms with van der Waals surface area (Å²) >= 11 is 5.48. The maximum atomic E-state index is 11.3. The number of carbonyl (C=O) groups is 2. The van der Waals surface area contributed by atoms with Crippen molar-refractivity contribution in [3.8, 4) is 0 Å². The average molecular weight is 255 g/mol. The Bertz CT molecular complexity index is 443. The van der Waals surface area contributed by atoms with Crippen molar-refractivity contribution in [1.29, 1.82) is 0 Å². The smallest absolute Gasteiger partial charge is 0.335 e. The van der Waals surface area contributed by atoms with Crippen molar-refractivity contribution in [2.45, 2.75) is 0 Å². The first kappa shape index (κ1) is 13.1. The van der Waals surface area contributed by atoms with Crippen LogP contribution in [0.4, 0.5) is 10.5 Å². The Morgan fingerprint density at radius 1 is 1.29 bits per heavy atom. The van der Waals surface area contributed by atoms with E-state index in [2.05, 4.69) is 17.2 Å². The lowest BCUT2D eigenvalue weighted by Crippen LogP contribution is -2.29. The number of aromatic carboxylic acids is 1. The summed E-state index contributed by atoms with van der Waals surface area (Å²) in [7, 11) is 0. The van der Waals surface area contributed by atoms with Gasteiger partial charge in [-0.1, -0.05) is 18.2 Å². The Balaban J connectivity index is 2.54. The van der Waals surface area contributed by atoms with E-state index in [1.807, 2.05) is 0 Å². The Labute approximate surface area is 103 Å². The molecule has 0 bridgehead atoms. The second-order valence-corrected chi connectivity index (χ2v) is 3.74. The number of carbonyl (C=O) groups excluding carboxylic acids is 1. The summed E-state index contributed by atoms with van der Waals surface area (Å²) in [6.07, 6.45) is 0. The first-order valence-corrected chi connectivity index (χ1v) is 5.08. The minimum Gasteiger partial charge on any atom is -0.478 e. The van der Waals surface area contributed by atoms with E-state index < -0.39 is 12.0 Å². The zero-order valence-electron chi connectivity index (χ0n) is 8.87. The molecule has 0 saturated carbocycles. The molecular formula is C11H11ClN2O3. The molecule has 3 N–H and O–H groups in total. The molecule has 0 radical (unpaired) electrons. The molecule has 90 valence electrons. The highest BCUT2D eigenvalue weighted by Crippen LogP contribution is 2.09. The highest BCUT2D eigenvalue weighted by Gasteiger charge is 2.04. The van der Waals surface area contributed by atoms with E-state index in [1.165, 1.54) is 24.3 Å². The van der Waals surface area contributed by atoms with Gasteiger partial charge in [0.25, 0.3) is 0 Å². The number of hydrogen-bond acceptors (Lipinski definition) is 2. The van der Waals surface area contributed by atoms with Crippen LogP contribution in [0.1, 0.15) is 10.4 Å². The van der Waals surface area contributed by atoms with Crippen LogP contribution in [0.15, 0.2) is 35.9 Å². The molecule has 5 nitrogen and oxygen atoms in total. The molecule has 17 heavy (non-hydrogen) atoms. The lowest BCUT2D eigenvalue weighted by Gasteiger charge is -2.06. The molecule has 0 fully saturated rings. The summed E-state index contributed by atoms with van der Waals surface area (Å²) < 4.78 is 0. The van der Waals surface area contributed by atoms with Crippen molar-refractivity contribution < 1.29 is 14.7 Å². The van der Waals surface area contributed by atoms with Crippen LogP contribution < -0.4 is 10.6 Å². The summed E-state index contributed by atoms with van der Waals surface area (Å²) in [6.45, 7) is 3.59. The molecule has 2 amide bonds. The zero-order chi connectivity index (χ0) is 12.8. The van der Waals surface area contributed by atoms with Crippen LogP contribution in [0.25, 0.3) is 0 Å². The van der Waals surface area contributed by atoms with Crippen LogP contribution in [0, 0.1) is 0 Å². The van der Waals surface area contributed by atoms with Gasteiger partial charge in [-0.05, 0) is 24.3 Å². The van der Waals surface area contributed by atoms with Crippen LogP contribution in [-0.4, -0.2) is 23.7 Å². The molecule has 1 aromatic carbocycles. The maximum Gasteiger partial charge on any atom is 0.335 e. The van der Waals surface area contributed by atoms with Gasteiger partial charge >= 0.3 is 12.0 Å². The van der Waals surface area contributed by atoms with Gasteiger partial charge in [-0.25, -0.2) is 9.59 Å². The molecule has 6 heteroatoms. The summed E-state index contributed by atoms with van der Waals surface area (Å²) in [5, 5.41) is 14.0. The van der Waals surface area contributed by atoms with Crippen molar-refractivity contribution in [1.82, 2.24) is 5.32 Å². The molecular weight excluding hydrogens is 244 g/mol. The van der Waals surface area contributed by atoms with E-state index in [9.17, 15) is 9.59 Å². The van der Waals surface area contributed by atoms with Crippen LogP contribution in [0.3, 0.4) is 0 Å². The van der Waals surface area contributed by atoms with Crippen molar-refractivity contribution in [2.75, 3.05) is 11.9 Å². The van der Waals surface area contributed by atoms with Gasteiger partial charge in [0.05, 0.1) is 12.1 Å². The molecule has 0 aliphatic carbocycles. The van der Waals surface area contributed by atoms with E-state index in [0.717, 1.165) is 0 Å². The molecule has 0 aliphatic rings. The number of nitrogens with one attached hydrogen (secondary N) is 2. The number of amides is 2. The summed E-state index contributed by atoms with van der Waals surface area (Å²) in [4.78, 5) is 21.9. The number of rotatable bonds is 4. The Morgan fingerprint density at radius 2 is 1.88 bits per heavy atom. The van der Waals surface area contributed by atoms with E-state index in [0.29, 0.717) is 10.7 Å². The molecule has 0 aliphatic heterocycles. The van der Waals surface area contributed by atoms with E-state index >= 15 is 0 Å². The lowest BCUT2D eigenvalue weighted by molar-refractivity contribution is 0.0697. The third kappa shape index (κ3) is 4.56. The predicted molar refractivity (Wildman–Crippen MR) is 65.4 cm³/mol. The second kappa shape index (κ2) is 5.91. The third-order valence-corrected chi connectivity index (χ3v) is 1.96. The summed E-state index contributed by atoms with van der Waals surface area (Å²) in [6, 6.07) is 5.36. The Hall–Kier alpha value is -2.01. The number of benzene rings is 1. The van der Waals surface area contributed by atoms with Crippen molar-refractivity contribution in [2.24, 2.45) is 0 Å². The molecule has 0 aromatic heterocycles. The molecule has 0 unspecified atom stereocenters. The Kier molecular flexibility index (Phi) is 4.54. The van der Waals surface area contributed by atoms with Gasteiger partial charge < -0.3 is 15.7 Å². The fourth-order valence-corrected chi connectivity index (χ4v) is 1.11. The topological polar surface area (TPSA) is 78.4 Å². The van der Waals surface area contributed by atoms with Gasteiger partial charge in [0.15, 0.2) is 0 Å². The minimum atomic E-state index is -1.01. The number of hydrogen-bond donors (Lipinski definition) is 3. The Morgan fingerprint density at radius 3 is 2.35 bits per heavy atom. The molecule has 0 heterocycles. The highest BCUT2D eigenvalue weighted by molar-refractivity contribution is 6.29. The highest BCUT2D eigenvalue weighted by atomic mass is 35.5. The van der Waals surface area contributed by atoms with Crippen molar-refractivity contribution in [3.63, 3.8) is 0 Å². The van der Waals surface area contributed by atoms with Crippen molar-refractivity contribution in [3.05, 3.63) is 41.4 Å². The lowest BCUT2D eigenvalue weighted by atomic mass is 10.2. The zero-order valence-corrected chi connectivity index (χ0v) is 9.62. The van der Waals surface area contributed by atoms with Gasteiger partial charge in [0.2, 0.25) is 0 Å². The normalized spacial score (nSPS) is 9.47. The monoisotopic (exact) mass is 254 g/mol. The number of anilines is 1. The quantitative estimate of drug-likeness (QED) is 0.771. The SMILES string of the molecule is C=C(Cl)CNC(=O)Nc1ccc(C(=O)O)cc1. The fourth-order valence-electron chi connectivity index (χ4n) is 1.05. The van der Waals surface area contributed by atoms with Gasteiger partial charge in [-0.2, -0.15) is 0 Å². The average Bonchev–Trinajstić information content (AvgIpc) is 2.27. The van der Waals surface area contributed by atoms with Crippen LogP contribution in [-0.2, 0) is 0 Å². The number of urea groups is 1. The van der Waals surface area contributed by atoms with Crippen LogP contribution in [0.5, 0.6) is 0 Å².